The first kappa shape index (κ1) is 14.8. The second-order valence-corrected chi connectivity index (χ2v) is 4.56. The van der Waals surface area contributed by atoms with Gasteiger partial charge in [-0.25, -0.2) is 0 Å². The summed E-state index contributed by atoms with van der Waals surface area (Å²) >= 11 is 0. The van der Waals surface area contributed by atoms with Crippen molar-refractivity contribution in [3.63, 3.8) is 0 Å². The average Bonchev–Trinajstić information content (AvgIpc) is 2.94. The van der Waals surface area contributed by atoms with Crippen LogP contribution in [0.25, 0.3) is 0 Å². The van der Waals surface area contributed by atoms with Gasteiger partial charge in [-0.15, -0.1) is 0 Å². The van der Waals surface area contributed by atoms with E-state index in [1.807, 2.05) is 25.1 Å². The Labute approximate surface area is 123 Å². The average molecular weight is 283 g/mol. The third-order valence-corrected chi connectivity index (χ3v) is 2.83. The molecule has 5 nitrogen and oxygen atoms in total. The molecule has 0 fully saturated rings. The van der Waals surface area contributed by atoms with Crippen molar-refractivity contribution >= 4 is 11.6 Å². The number of hydrogen-bond acceptors (Lipinski definition) is 3. The number of aliphatic hydroxyl groups is 1. The van der Waals surface area contributed by atoms with Crippen molar-refractivity contribution in [2.24, 2.45) is 0 Å². The molecule has 0 unspecified atom stereocenters. The molecule has 2 aromatic rings. The maximum atomic E-state index is 11.9. The van der Waals surface area contributed by atoms with Gasteiger partial charge in [0, 0.05) is 30.1 Å². The Hall–Kier alpha value is -2.58. The zero-order valence-corrected chi connectivity index (χ0v) is 11.8. The number of rotatable bonds is 4. The minimum Gasteiger partial charge on any atom is -0.395 e. The van der Waals surface area contributed by atoms with Crippen LogP contribution in [0.15, 0.2) is 36.7 Å². The summed E-state index contributed by atoms with van der Waals surface area (Å²) in [6.45, 7) is 2.18. The van der Waals surface area contributed by atoms with E-state index >= 15 is 0 Å². The van der Waals surface area contributed by atoms with Crippen LogP contribution in [0, 0.1) is 18.8 Å². The van der Waals surface area contributed by atoms with Crippen LogP contribution in [0.2, 0.25) is 0 Å². The van der Waals surface area contributed by atoms with E-state index in [0.717, 1.165) is 16.8 Å². The fourth-order valence-electron chi connectivity index (χ4n) is 1.84. The highest BCUT2D eigenvalue weighted by Gasteiger charge is 2.04. The van der Waals surface area contributed by atoms with Crippen molar-refractivity contribution in [2.45, 2.75) is 19.9 Å². The fourth-order valence-corrected chi connectivity index (χ4v) is 1.84. The lowest BCUT2D eigenvalue weighted by atomic mass is 10.1. The van der Waals surface area contributed by atoms with Crippen LogP contribution in [0.5, 0.6) is 0 Å². The van der Waals surface area contributed by atoms with Gasteiger partial charge in [-0.3, -0.25) is 9.48 Å². The first-order valence-electron chi connectivity index (χ1n) is 6.66. The van der Waals surface area contributed by atoms with E-state index in [-0.39, 0.29) is 19.1 Å². The molecule has 0 bridgehead atoms. The van der Waals surface area contributed by atoms with Crippen LogP contribution in [0.4, 0.5) is 5.69 Å². The lowest BCUT2D eigenvalue weighted by molar-refractivity contribution is -0.116. The van der Waals surface area contributed by atoms with E-state index < -0.39 is 0 Å². The largest absolute Gasteiger partial charge is 0.395 e. The fraction of sp³-hybridized carbons (Fsp3) is 0.250. The Morgan fingerprint density at radius 3 is 3.00 bits per heavy atom. The number of carbonyl (C=O) groups is 1. The zero-order valence-electron chi connectivity index (χ0n) is 11.8. The van der Waals surface area contributed by atoms with Crippen molar-refractivity contribution < 1.29 is 9.90 Å². The Bertz CT molecular complexity index is 667. The van der Waals surface area contributed by atoms with Crippen LogP contribution < -0.4 is 5.32 Å². The quantitative estimate of drug-likeness (QED) is 0.837. The Kier molecular flexibility index (Phi) is 5.13. The zero-order chi connectivity index (χ0) is 15.1. The number of anilines is 1. The van der Waals surface area contributed by atoms with Crippen LogP contribution in [0.3, 0.4) is 0 Å². The van der Waals surface area contributed by atoms with Crippen molar-refractivity contribution in [2.75, 3.05) is 11.9 Å². The summed E-state index contributed by atoms with van der Waals surface area (Å²) in [7, 11) is 0. The number of aliphatic hydroxyl groups excluding tert-OH is 1. The van der Waals surface area contributed by atoms with Crippen molar-refractivity contribution in [1.29, 1.82) is 0 Å². The van der Waals surface area contributed by atoms with Crippen molar-refractivity contribution in [1.82, 2.24) is 9.78 Å². The molecule has 0 saturated carbocycles. The third-order valence-electron chi connectivity index (χ3n) is 2.83. The Morgan fingerprint density at radius 1 is 1.48 bits per heavy atom. The maximum Gasteiger partial charge on any atom is 0.246 e. The molecule has 0 spiro atoms. The van der Waals surface area contributed by atoms with Crippen LogP contribution in [-0.2, 0) is 11.3 Å². The molecule has 1 heterocycles. The lowest BCUT2D eigenvalue weighted by Crippen LogP contribution is -2.19. The number of aromatic nitrogens is 2. The van der Waals surface area contributed by atoms with Gasteiger partial charge in [0.15, 0.2) is 0 Å². The molecule has 0 aliphatic heterocycles. The van der Waals surface area contributed by atoms with Crippen LogP contribution in [-0.4, -0.2) is 27.4 Å². The molecular weight excluding hydrogens is 266 g/mol. The van der Waals surface area contributed by atoms with Gasteiger partial charge in [0.2, 0.25) is 5.91 Å². The monoisotopic (exact) mass is 283 g/mol. The number of carbonyl (C=O) groups excluding carboxylic acids is 1. The number of nitrogens with one attached hydrogen (secondary N) is 1. The molecule has 0 aliphatic rings. The minimum atomic E-state index is -0.128. The molecule has 1 amide bonds. The van der Waals surface area contributed by atoms with E-state index in [2.05, 4.69) is 22.3 Å². The summed E-state index contributed by atoms with van der Waals surface area (Å²) in [6.07, 6.45) is 3.84. The van der Waals surface area contributed by atoms with Gasteiger partial charge in [-0.2, -0.15) is 5.10 Å². The molecule has 0 aliphatic carbocycles. The van der Waals surface area contributed by atoms with E-state index in [0.29, 0.717) is 6.42 Å². The lowest BCUT2D eigenvalue weighted by Gasteiger charge is -2.07. The number of aryl methyl sites for hydroxylation is 1. The Balaban J connectivity index is 2.00. The van der Waals surface area contributed by atoms with Gasteiger partial charge in [0.1, 0.15) is 6.54 Å². The van der Waals surface area contributed by atoms with E-state index in [1.54, 1.807) is 23.1 Å². The molecule has 0 radical (unpaired) electrons. The summed E-state index contributed by atoms with van der Waals surface area (Å²) in [5, 5.41) is 15.5. The highest BCUT2D eigenvalue weighted by molar-refractivity contribution is 5.90. The molecule has 21 heavy (non-hydrogen) atoms. The van der Waals surface area contributed by atoms with Gasteiger partial charge >= 0.3 is 0 Å². The van der Waals surface area contributed by atoms with E-state index in [1.165, 1.54) is 0 Å². The molecule has 1 aromatic heterocycles. The number of amides is 1. The van der Waals surface area contributed by atoms with Gasteiger partial charge in [0.25, 0.3) is 0 Å². The number of benzene rings is 1. The predicted octanol–water partition coefficient (Wildman–Crippen LogP) is 1.56. The molecular formula is C16H17N3O2. The minimum absolute atomic E-state index is 0.0631. The van der Waals surface area contributed by atoms with Gasteiger partial charge in [0.05, 0.1) is 6.61 Å². The summed E-state index contributed by atoms with van der Waals surface area (Å²) in [5.41, 5.74) is 2.61. The predicted molar refractivity (Wildman–Crippen MR) is 80.6 cm³/mol. The summed E-state index contributed by atoms with van der Waals surface area (Å²) in [4.78, 5) is 11.9. The Morgan fingerprint density at radius 2 is 2.33 bits per heavy atom. The second-order valence-electron chi connectivity index (χ2n) is 4.56. The van der Waals surface area contributed by atoms with Gasteiger partial charge in [-0.1, -0.05) is 11.8 Å². The molecule has 1 aromatic carbocycles. The SMILES string of the molecule is Cc1cc(NC(=O)Cn2cccn2)ccc1C#CCCO. The van der Waals surface area contributed by atoms with Gasteiger partial charge in [-0.05, 0) is 36.8 Å². The molecule has 2 N–H and O–H groups in total. The van der Waals surface area contributed by atoms with E-state index in [4.69, 9.17) is 5.11 Å². The normalized spacial score (nSPS) is 9.81. The second kappa shape index (κ2) is 7.27. The topological polar surface area (TPSA) is 67.2 Å². The molecule has 5 heteroatoms. The van der Waals surface area contributed by atoms with Crippen LogP contribution in [0.1, 0.15) is 17.5 Å². The first-order chi connectivity index (χ1) is 10.2. The first-order valence-corrected chi connectivity index (χ1v) is 6.66. The van der Waals surface area contributed by atoms with Crippen molar-refractivity contribution in [3.05, 3.63) is 47.8 Å². The molecule has 2 rings (SSSR count). The van der Waals surface area contributed by atoms with Crippen LogP contribution >= 0.6 is 0 Å². The third kappa shape index (κ3) is 4.48. The molecule has 0 atom stereocenters. The van der Waals surface area contributed by atoms with Gasteiger partial charge < -0.3 is 10.4 Å². The summed E-state index contributed by atoms with van der Waals surface area (Å²) in [5.74, 6) is 5.75. The maximum absolute atomic E-state index is 11.9. The number of hydrogen-bond donors (Lipinski definition) is 2. The standard InChI is InChI=1S/C16H17N3O2/c1-13-11-15(7-6-14(13)5-2-3-10-20)18-16(21)12-19-9-4-8-17-19/h4,6-9,11,20H,3,10,12H2,1H3,(H,18,21). The van der Waals surface area contributed by atoms with E-state index in [9.17, 15) is 4.79 Å². The molecule has 108 valence electrons. The molecule has 0 saturated heterocycles. The summed E-state index contributed by atoms with van der Waals surface area (Å²) < 4.78 is 1.57. The van der Waals surface area contributed by atoms with Crippen molar-refractivity contribution in [3.8, 4) is 11.8 Å². The highest BCUT2D eigenvalue weighted by atomic mass is 16.2. The number of nitrogens with zero attached hydrogens (tertiary/aromatic N) is 2. The smallest absolute Gasteiger partial charge is 0.246 e. The highest BCUT2D eigenvalue weighted by Crippen LogP contribution is 2.14. The summed E-state index contributed by atoms with van der Waals surface area (Å²) in [6, 6.07) is 7.33.